The Labute approximate surface area is 205 Å². The zero-order valence-corrected chi connectivity index (χ0v) is 20.3. The van der Waals surface area contributed by atoms with Crippen molar-refractivity contribution in [2.45, 2.75) is 32.1 Å². The van der Waals surface area contributed by atoms with Gasteiger partial charge >= 0.3 is 0 Å². The van der Waals surface area contributed by atoms with E-state index in [0.29, 0.717) is 48.5 Å². The lowest BCUT2D eigenvalue weighted by Gasteiger charge is -2.32. The lowest BCUT2D eigenvalue weighted by molar-refractivity contribution is 0.0684. The topological polar surface area (TPSA) is 50.7 Å². The van der Waals surface area contributed by atoms with Crippen LogP contribution < -0.4 is 9.64 Å². The molecule has 6 nitrogen and oxygen atoms in total. The second kappa shape index (κ2) is 11.9. The highest BCUT2D eigenvalue weighted by Crippen LogP contribution is 2.25. The molecule has 0 aliphatic carbocycles. The molecule has 0 saturated carbocycles. The Hall–Kier alpha value is -2.03. The Morgan fingerprint density at radius 1 is 1.15 bits per heavy atom. The van der Waals surface area contributed by atoms with Gasteiger partial charge in [0.15, 0.2) is 0 Å². The maximum Gasteiger partial charge on any atom is 0.225 e. The first-order valence-corrected chi connectivity index (χ1v) is 12.4. The molecule has 2 fully saturated rings. The lowest BCUT2D eigenvalue weighted by Crippen LogP contribution is -2.40. The summed E-state index contributed by atoms with van der Waals surface area (Å²) < 4.78 is 25.7. The SMILES string of the molecule is Fc1cc(OCCCC2CCN(c3ncc(Cl)cn3)CC2)ccc1CC(=S)N1CCOCC1. The molecule has 2 aromatic rings. The molecule has 1 aromatic carbocycles. The minimum atomic E-state index is -0.264. The van der Waals surface area contributed by atoms with E-state index in [2.05, 4.69) is 19.8 Å². The van der Waals surface area contributed by atoms with Crippen LogP contribution in [0.1, 0.15) is 31.2 Å². The van der Waals surface area contributed by atoms with Crippen molar-refractivity contribution in [2.75, 3.05) is 50.9 Å². The van der Waals surface area contributed by atoms with Gasteiger partial charge in [0, 0.05) is 38.7 Å². The van der Waals surface area contributed by atoms with Crippen molar-refractivity contribution >= 4 is 34.8 Å². The number of aromatic nitrogens is 2. The number of anilines is 1. The first-order valence-electron chi connectivity index (χ1n) is 11.6. The predicted molar refractivity (Wildman–Crippen MR) is 132 cm³/mol. The van der Waals surface area contributed by atoms with Gasteiger partial charge in [-0.3, -0.25) is 0 Å². The molecule has 4 rings (SSSR count). The monoisotopic (exact) mass is 492 g/mol. The van der Waals surface area contributed by atoms with Crippen LogP contribution in [0.5, 0.6) is 5.75 Å². The molecular weight excluding hydrogens is 463 g/mol. The van der Waals surface area contributed by atoms with Gasteiger partial charge in [0.1, 0.15) is 11.6 Å². The predicted octanol–water partition coefficient (Wildman–Crippen LogP) is 4.55. The Balaban J connectivity index is 1.15. The number of nitrogens with zero attached hydrogens (tertiary/aromatic N) is 4. The molecule has 0 amide bonds. The molecule has 178 valence electrons. The maximum absolute atomic E-state index is 14.6. The van der Waals surface area contributed by atoms with E-state index in [0.717, 1.165) is 62.8 Å². The minimum absolute atomic E-state index is 0.264. The summed E-state index contributed by atoms with van der Waals surface area (Å²) in [7, 11) is 0. The van der Waals surface area contributed by atoms with Crippen molar-refractivity contribution in [1.29, 1.82) is 0 Å². The van der Waals surface area contributed by atoms with Crippen molar-refractivity contribution in [1.82, 2.24) is 14.9 Å². The molecule has 0 bridgehead atoms. The number of halogens is 2. The Kier molecular flexibility index (Phi) is 8.69. The van der Waals surface area contributed by atoms with Gasteiger partial charge in [0.25, 0.3) is 0 Å². The third-order valence-electron chi connectivity index (χ3n) is 6.26. The Bertz CT molecular complexity index is 919. The molecule has 1 aromatic heterocycles. The van der Waals surface area contributed by atoms with Crippen molar-refractivity contribution in [2.24, 2.45) is 5.92 Å². The number of hydrogen-bond donors (Lipinski definition) is 0. The Morgan fingerprint density at radius 2 is 1.88 bits per heavy atom. The van der Waals surface area contributed by atoms with Crippen LogP contribution in [0, 0.1) is 11.7 Å². The van der Waals surface area contributed by atoms with E-state index in [-0.39, 0.29) is 5.82 Å². The number of piperidine rings is 1. The number of morpholine rings is 1. The summed E-state index contributed by atoms with van der Waals surface area (Å²) in [6.45, 7) is 5.38. The first-order chi connectivity index (χ1) is 16.1. The van der Waals surface area contributed by atoms with E-state index in [1.54, 1.807) is 18.5 Å². The van der Waals surface area contributed by atoms with Crippen LogP contribution in [0.4, 0.5) is 10.3 Å². The van der Waals surface area contributed by atoms with Crippen LogP contribution in [0.3, 0.4) is 0 Å². The molecule has 0 spiro atoms. The highest BCUT2D eigenvalue weighted by Gasteiger charge is 2.21. The number of thiocarbonyl (C=S) groups is 1. The average molecular weight is 493 g/mol. The van der Waals surface area contributed by atoms with E-state index in [4.69, 9.17) is 33.3 Å². The summed E-state index contributed by atoms with van der Waals surface area (Å²) >= 11 is 11.4. The van der Waals surface area contributed by atoms with Gasteiger partial charge in [-0.05, 0) is 43.2 Å². The lowest BCUT2D eigenvalue weighted by atomic mass is 9.92. The summed E-state index contributed by atoms with van der Waals surface area (Å²) in [5.41, 5.74) is 0.607. The van der Waals surface area contributed by atoms with Gasteiger partial charge in [-0.1, -0.05) is 29.9 Å². The van der Waals surface area contributed by atoms with E-state index in [1.807, 2.05) is 6.07 Å². The molecule has 3 heterocycles. The van der Waals surface area contributed by atoms with E-state index >= 15 is 0 Å². The highest BCUT2D eigenvalue weighted by atomic mass is 35.5. The molecule has 2 aliphatic rings. The van der Waals surface area contributed by atoms with Gasteiger partial charge in [0.05, 0.1) is 42.2 Å². The highest BCUT2D eigenvalue weighted by molar-refractivity contribution is 7.80. The van der Waals surface area contributed by atoms with Gasteiger partial charge < -0.3 is 19.3 Å². The molecule has 0 unspecified atom stereocenters. The number of rotatable bonds is 8. The third-order valence-corrected chi connectivity index (χ3v) is 6.86. The molecule has 0 atom stereocenters. The van der Waals surface area contributed by atoms with Crippen molar-refractivity contribution < 1.29 is 13.9 Å². The van der Waals surface area contributed by atoms with Crippen LogP contribution in [0.25, 0.3) is 0 Å². The normalized spacial score (nSPS) is 17.3. The molecule has 2 saturated heterocycles. The van der Waals surface area contributed by atoms with Crippen LogP contribution in [-0.2, 0) is 11.2 Å². The van der Waals surface area contributed by atoms with E-state index in [9.17, 15) is 4.39 Å². The summed E-state index contributed by atoms with van der Waals surface area (Å²) in [6, 6.07) is 5.10. The van der Waals surface area contributed by atoms with Gasteiger partial charge in [-0.15, -0.1) is 0 Å². The second-order valence-corrected chi connectivity index (χ2v) is 9.45. The molecule has 0 N–H and O–H groups in total. The molecule has 33 heavy (non-hydrogen) atoms. The summed E-state index contributed by atoms with van der Waals surface area (Å²) in [4.78, 5) is 13.7. The molecular formula is C24H30ClFN4O2S. The van der Waals surface area contributed by atoms with Crippen LogP contribution in [0.2, 0.25) is 5.02 Å². The quantitative estimate of drug-likeness (QED) is 0.396. The smallest absolute Gasteiger partial charge is 0.225 e. The zero-order chi connectivity index (χ0) is 23.0. The van der Waals surface area contributed by atoms with Crippen molar-refractivity contribution in [3.63, 3.8) is 0 Å². The summed E-state index contributed by atoms with van der Waals surface area (Å²) in [6.07, 6.45) is 7.98. The number of benzene rings is 1. The third kappa shape index (κ3) is 6.98. The summed E-state index contributed by atoms with van der Waals surface area (Å²) in [5, 5.41) is 0.555. The largest absolute Gasteiger partial charge is 0.493 e. The van der Waals surface area contributed by atoms with E-state index in [1.165, 1.54) is 6.07 Å². The second-order valence-electron chi connectivity index (χ2n) is 8.55. The maximum atomic E-state index is 14.6. The first kappa shape index (κ1) is 24.1. The van der Waals surface area contributed by atoms with Gasteiger partial charge in [-0.2, -0.15) is 0 Å². The fraction of sp³-hybridized carbons (Fsp3) is 0.542. The number of ether oxygens (including phenoxy) is 2. The molecule has 9 heteroatoms. The number of hydrogen-bond acceptors (Lipinski definition) is 6. The van der Waals surface area contributed by atoms with Crippen molar-refractivity contribution in [3.8, 4) is 5.75 Å². The van der Waals surface area contributed by atoms with Gasteiger partial charge in [0.2, 0.25) is 5.95 Å². The van der Waals surface area contributed by atoms with Crippen LogP contribution in [0.15, 0.2) is 30.6 Å². The van der Waals surface area contributed by atoms with Gasteiger partial charge in [-0.25, -0.2) is 14.4 Å². The molecule has 0 radical (unpaired) electrons. The molecule has 2 aliphatic heterocycles. The van der Waals surface area contributed by atoms with Crippen LogP contribution >= 0.6 is 23.8 Å². The zero-order valence-electron chi connectivity index (χ0n) is 18.7. The van der Waals surface area contributed by atoms with Crippen molar-refractivity contribution in [3.05, 3.63) is 47.0 Å². The summed E-state index contributed by atoms with van der Waals surface area (Å²) in [5.74, 6) is 1.72. The van der Waals surface area contributed by atoms with Crippen LogP contribution in [-0.4, -0.2) is 65.9 Å². The minimum Gasteiger partial charge on any atom is -0.493 e. The fourth-order valence-corrected chi connectivity index (χ4v) is 4.74. The fourth-order valence-electron chi connectivity index (χ4n) is 4.30. The average Bonchev–Trinajstić information content (AvgIpc) is 2.85. The van der Waals surface area contributed by atoms with E-state index < -0.39 is 0 Å². The standard InChI is InChI=1S/C24H30ClFN4O2S/c25-20-16-27-24(28-17-20)30-7-5-18(6-8-30)2-1-11-32-21-4-3-19(22(26)15-21)14-23(33)29-9-12-31-13-10-29/h3-4,15-18H,1-2,5-14H2. The Morgan fingerprint density at radius 3 is 2.58 bits per heavy atom.